The van der Waals surface area contributed by atoms with Crippen molar-refractivity contribution in [2.45, 2.75) is 64.5 Å². The summed E-state index contributed by atoms with van der Waals surface area (Å²) in [5, 5.41) is 4.07. The molecule has 0 saturated heterocycles. The van der Waals surface area contributed by atoms with Crippen molar-refractivity contribution in [3.8, 4) is 17.1 Å². The van der Waals surface area contributed by atoms with E-state index in [0.717, 1.165) is 24.2 Å². The molecule has 0 unspecified atom stereocenters. The van der Waals surface area contributed by atoms with Gasteiger partial charge in [0.05, 0.1) is 7.11 Å². The predicted molar refractivity (Wildman–Crippen MR) is 123 cm³/mol. The molecule has 1 fully saturated rings. The fraction of sp³-hybridized carbons (Fsp3) is 0.423. The van der Waals surface area contributed by atoms with Crippen LogP contribution in [0.5, 0.6) is 5.75 Å². The second kappa shape index (κ2) is 9.98. The van der Waals surface area contributed by atoms with Gasteiger partial charge in [0, 0.05) is 31.0 Å². The Kier molecular flexibility index (Phi) is 6.88. The first-order valence-electron chi connectivity index (χ1n) is 11.4. The molecule has 6 heteroatoms. The first-order valence-corrected chi connectivity index (χ1v) is 11.4. The fourth-order valence-corrected chi connectivity index (χ4v) is 3.76. The zero-order chi connectivity index (χ0) is 22.5. The Labute approximate surface area is 189 Å². The number of aryl methyl sites for hydroxylation is 1. The van der Waals surface area contributed by atoms with Gasteiger partial charge in [0.25, 0.3) is 0 Å². The van der Waals surface area contributed by atoms with E-state index in [0.29, 0.717) is 49.5 Å². The molecule has 0 spiro atoms. The largest absolute Gasteiger partial charge is 0.497 e. The van der Waals surface area contributed by atoms with Crippen molar-refractivity contribution < 1.29 is 14.1 Å². The van der Waals surface area contributed by atoms with Crippen molar-refractivity contribution in [3.05, 3.63) is 65.5 Å². The molecule has 6 nitrogen and oxygen atoms in total. The molecule has 1 heterocycles. The van der Waals surface area contributed by atoms with E-state index < -0.39 is 0 Å². The van der Waals surface area contributed by atoms with Crippen LogP contribution in [0.25, 0.3) is 11.4 Å². The van der Waals surface area contributed by atoms with E-state index in [-0.39, 0.29) is 5.91 Å². The van der Waals surface area contributed by atoms with Gasteiger partial charge in [-0.1, -0.05) is 43.3 Å². The van der Waals surface area contributed by atoms with Crippen LogP contribution in [-0.2, 0) is 17.8 Å². The maximum absolute atomic E-state index is 12.9. The van der Waals surface area contributed by atoms with E-state index in [2.05, 4.69) is 48.3 Å². The average Bonchev–Trinajstić information content (AvgIpc) is 3.55. The van der Waals surface area contributed by atoms with Gasteiger partial charge in [0.2, 0.25) is 17.6 Å². The van der Waals surface area contributed by atoms with Crippen LogP contribution >= 0.6 is 0 Å². The number of benzene rings is 2. The van der Waals surface area contributed by atoms with Crippen LogP contribution in [-0.4, -0.2) is 34.1 Å². The lowest BCUT2D eigenvalue weighted by atomic mass is 10.0. The molecule has 0 atom stereocenters. The van der Waals surface area contributed by atoms with E-state index in [9.17, 15) is 4.79 Å². The van der Waals surface area contributed by atoms with Crippen LogP contribution < -0.4 is 4.74 Å². The van der Waals surface area contributed by atoms with Gasteiger partial charge in [-0.15, -0.1) is 0 Å². The molecule has 1 aliphatic carbocycles. The number of carbonyl (C=O) groups is 1. The fourth-order valence-electron chi connectivity index (χ4n) is 3.76. The van der Waals surface area contributed by atoms with Crippen LogP contribution in [0.4, 0.5) is 0 Å². The molecule has 2 aromatic carbocycles. The van der Waals surface area contributed by atoms with Crippen molar-refractivity contribution in [3.63, 3.8) is 0 Å². The third-order valence-electron chi connectivity index (χ3n) is 5.90. The Morgan fingerprint density at radius 2 is 1.84 bits per heavy atom. The van der Waals surface area contributed by atoms with Crippen molar-refractivity contribution in [2.75, 3.05) is 7.11 Å². The highest BCUT2D eigenvalue weighted by atomic mass is 16.5. The van der Waals surface area contributed by atoms with Gasteiger partial charge in [-0.05, 0) is 60.6 Å². The maximum Gasteiger partial charge on any atom is 0.226 e. The van der Waals surface area contributed by atoms with Gasteiger partial charge < -0.3 is 14.2 Å². The van der Waals surface area contributed by atoms with E-state index in [1.807, 2.05) is 29.2 Å². The first-order chi connectivity index (χ1) is 15.5. The van der Waals surface area contributed by atoms with Crippen molar-refractivity contribution in [1.82, 2.24) is 15.0 Å². The molecule has 1 amide bonds. The molecule has 0 aliphatic heterocycles. The van der Waals surface area contributed by atoms with Crippen LogP contribution in [0.3, 0.4) is 0 Å². The monoisotopic (exact) mass is 433 g/mol. The minimum Gasteiger partial charge on any atom is -0.497 e. The molecule has 1 aromatic heterocycles. The second-order valence-electron chi connectivity index (χ2n) is 8.74. The molecule has 3 aromatic rings. The third kappa shape index (κ3) is 5.55. The summed E-state index contributed by atoms with van der Waals surface area (Å²) in [5.41, 5.74) is 3.39. The topological polar surface area (TPSA) is 68.5 Å². The van der Waals surface area contributed by atoms with E-state index in [4.69, 9.17) is 9.26 Å². The molecule has 0 N–H and O–H groups in total. The summed E-state index contributed by atoms with van der Waals surface area (Å²) in [7, 11) is 1.63. The predicted octanol–water partition coefficient (Wildman–Crippen LogP) is 5.38. The van der Waals surface area contributed by atoms with Crippen LogP contribution in [0.15, 0.2) is 53.1 Å². The smallest absolute Gasteiger partial charge is 0.226 e. The van der Waals surface area contributed by atoms with Crippen LogP contribution in [0.2, 0.25) is 0 Å². The summed E-state index contributed by atoms with van der Waals surface area (Å²) in [6.45, 7) is 5.07. The van der Waals surface area contributed by atoms with Gasteiger partial charge in [0.1, 0.15) is 5.75 Å². The minimum atomic E-state index is 0.204. The number of hydrogen-bond acceptors (Lipinski definition) is 5. The Hall–Kier alpha value is -3.15. The van der Waals surface area contributed by atoms with Gasteiger partial charge >= 0.3 is 0 Å². The summed E-state index contributed by atoms with van der Waals surface area (Å²) in [6, 6.07) is 16.6. The van der Waals surface area contributed by atoms with E-state index in [1.54, 1.807) is 7.11 Å². The number of hydrogen-bond donors (Lipinski definition) is 0. The zero-order valence-electron chi connectivity index (χ0n) is 19.1. The normalized spacial score (nSPS) is 13.4. The molecule has 4 rings (SSSR count). The Morgan fingerprint density at radius 3 is 2.47 bits per heavy atom. The van der Waals surface area contributed by atoms with Crippen molar-refractivity contribution in [1.29, 1.82) is 0 Å². The molecule has 0 radical (unpaired) electrons. The van der Waals surface area contributed by atoms with Crippen molar-refractivity contribution >= 4 is 5.91 Å². The summed E-state index contributed by atoms with van der Waals surface area (Å²) >= 11 is 0. The number of nitrogens with zero attached hydrogens (tertiary/aromatic N) is 3. The van der Waals surface area contributed by atoms with Crippen molar-refractivity contribution in [2.24, 2.45) is 0 Å². The standard InChI is InChI=1S/C26H31N3O3/c1-18(2)20-9-7-19(8-10-20)17-29(22-13-14-22)25(30)6-4-5-24-27-26(28-32-24)21-11-15-23(31-3)16-12-21/h7-12,15-16,18,22H,4-6,13-14,17H2,1-3H3. The lowest BCUT2D eigenvalue weighted by Crippen LogP contribution is -2.32. The van der Waals surface area contributed by atoms with Crippen LogP contribution in [0.1, 0.15) is 62.5 Å². The molecule has 1 saturated carbocycles. The van der Waals surface area contributed by atoms with E-state index >= 15 is 0 Å². The number of carbonyl (C=O) groups excluding carboxylic acids is 1. The van der Waals surface area contributed by atoms with E-state index in [1.165, 1.54) is 11.1 Å². The third-order valence-corrected chi connectivity index (χ3v) is 5.90. The summed E-state index contributed by atoms with van der Waals surface area (Å²) in [5.74, 6) is 2.62. The van der Waals surface area contributed by atoms with Gasteiger partial charge in [-0.25, -0.2) is 0 Å². The first kappa shape index (κ1) is 22.1. The number of rotatable bonds is 10. The SMILES string of the molecule is COc1ccc(-c2noc(CCCC(=O)N(Cc3ccc(C(C)C)cc3)C3CC3)n2)cc1. The number of methoxy groups -OCH3 is 1. The van der Waals surface area contributed by atoms with Gasteiger partial charge in [-0.2, -0.15) is 4.98 Å². The minimum absolute atomic E-state index is 0.204. The average molecular weight is 434 g/mol. The molecule has 1 aliphatic rings. The quantitative estimate of drug-likeness (QED) is 0.429. The number of amides is 1. The Morgan fingerprint density at radius 1 is 1.12 bits per heavy atom. The molecule has 168 valence electrons. The lowest BCUT2D eigenvalue weighted by Gasteiger charge is -2.23. The molecule has 0 bridgehead atoms. The highest BCUT2D eigenvalue weighted by Gasteiger charge is 2.32. The Bertz CT molecular complexity index is 1020. The van der Waals surface area contributed by atoms with Gasteiger partial charge in [0.15, 0.2) is 0 Å². The molecule has 32 heavy (non-hydrogen) atoms. The summed E-state index contributed by atoms with van der Waals surface area (Å²) in [4.78, 5) is 19.4. The number of ether oxygens (including phenoxy) is 1. The lowest BCUT2D eigenvalue weighted by molar-refractivity contribution is -0.132. The van der Waals surface area contributed by atoms with Gasteiger partial charge in [-0.3, -0.25) is 4.79 Å². The summed E-state index contributed by atoms with van der Waals surface area (Å²) < 4.78 is 10.6. The molecular weight excluding hydrogens is 402 g/mol. The maximum atomic E-state index is 12.9. The second-order valence-corrected chi connectivity index (χ2v) is 8.74. The summed E-state index contributed by atoms with van der Waals surface area (Å²) in [6.07, 6.45) is 3.98. The molecular formula is C26H31N3O3. The Balaban J connectivity index is 1.30. The highest BCUT2D eigenvalue weighted by Crippen LogP contribution is 2.29. The number of aromatic nitrogens is 2. The zero-order valence-corrected chi connectivity index (χ0v) is 19.1. The highest BCUT2D eigenvalue weighted by molar-refractivity contribution is 5.76. The van der Waals surface area contributed by atoms with Crippen LogP contribution in [0, 0.1) is 0 Å².